The fourth-order valence-electron chi connectivity index (χ4n) is 3.01. The van der Waals surface area contributed by atoms with Gasteiger partial charge in [-0.1, -0.05) is 18.2 Å². The first-order chi connectivity index (χ1) is 13.8. The van der Waals surface area contributed by atoms with Crippen molar-refractivity contribution in [3.63, 3.8) is 0 Å². The number of hydrogen-bond acceptors (Lipinski definition) is 4. The molecule has 0 aliphatic rings. The first-order valence-corrected chi connectivity index (χ1v) is 8.58. The molecule has 1 aromatic heterocycles. The highest BCUT2D eigenvalue weighted by Gasteiger charge is 2.19. The Bertz CT molecular complexity index is 1120. The summed E-state index contributed by atoms with van der Waals surface area (Å²) >= 11 is 0. The number of hydrazine groups is 1. The molecular weight excluding hydrogens is 379 g/mol. The van der Waals surface area contributed by atoms with Crippen LogP contribution in [0.2, 0.25) is 0 Å². The number of nitro groups is 1. The van der Waals surface area contributed by atoms with Crippen molar-refractivity contribution in [2.75, 3.05) is 0 Å². The quantitative estimate of drug-likeness (QED) is 0.522. The van der Waals surface area contributed by atoms with Crippen molar-refractivity contribution in [3.05, 3.63) is 93.0 Å². The van der Waals surface area contributed by atoms with E-state index in [1.54, 1.807) is 42.7 Å². The third kappa shape index (κ3) is 3.98. The first kappa shape index (κ1) is 19.7. The average Bonchev–Trinajstić information content (AvgIpc) is 3.00. The van der Waals surface area contributed by atoms with Gasteiger partial charge < -0.3 is 4.57 Å². The zero-order chi connectivity index (χ0) is 21.1. The van der Waals surface area contributed by atoms with Gasteiger partial charge in [0.25, 0.3) is 17.5 Å². The van der Waals surface area contributed by atoms with Crippen LogP contribution in [0.4, 0.5) is 10.1 Å². The largest absolute Gasteiger partial charge is 0.315 e. The molecule has 0 spiro atoms. The smallest absolute Gasteiger partial charge is 0.271 e. The van der Waals surface area contributed by atoms with Gasteiger partial charge >= 0.3 is 0 Å². The van der Waals surface area contributed by atoms with Crippen molar-refractivity contribution in [1.82, 2.24) is 15.4 Å². The van der Waals surface area contributed by atoms with Crippen LogP contribution in [0.3, 0.4) is 0 Å². The van der Waals surface area contributed by atoms with Gasteiger partial charge in [-0.25, -0.2) is 4.39 Å². The van der Waals surface area contributed by atoms with Crippen LogP contribution >= 0.6 is 0 Å². The Morgan fingerprint density at radius 2 is 1.69 bits per heavy atom. The van der Waals surface area contributed by atoms with Crippen LogP contribution in [0.25, 0.3) is 5.69 Å². The van der Waals surface area contributed by atoms with Gasteiger partial charge in [0, 0.05) is 29.1 Å². The minimum Gasteiger partial charge on any atom is -0.315 e. The summed E-state index contributed by atoms with van der Waals surface area (Å²) in [5, 5.41) is 10.8. The predicted octanol–water partition coefficient (Wildman–Crippen LogP) is 3.22. The zero-order valence-electron chi connectivity index (χ0n) is 15.6. The number of nitrogens with zero attached hydrogens (tertiary/aromatic N) is 2. The third-order valence-corrected chi connectivity index (χ3v) is 4.38. The second-order valence-corrected chi connectivity index (χ2v) is 6.29. The maximum Gasteiger partial charge on any atom is 0.271 e. The van der Waals surface area contributed by atoms with Crippen LogP contribution < -0.4 is 10.9 Å². The fourth-order valence-corrected chi connectivity index (χ4v) is 3.01. The summed E-state index contributed by atoms with van der Waals surface area (Å²) in [5.74, 6) is -1.73. The average molecular weight is 396 g/mol. The molecule has 0 aliphatic heterocycles. The standard InChI is InChI=1S/C20H17FN4O4/c1-12-10-16(13(2)24(12)18-9-4-3-8-17(18)21)20(27)23-22-19(26)14-6-5-7-15(11-14)25(28)29/h3-11H,1-2H3,(H,22,26)(H,23,27). The van der Waals surface area contributed by atoms with E-state index in [0.717, 1.165) is 6.07 Å². The van der Waals surface area contributed by atoms with Gasteiger partial charge in [-0.2, -0.15) is 0 Å². The van der Waals surface area contributed by atoms with Gasteiger partial charge in [0.05, 0.1) is 16.2 Å². The maximum absolute atomic E-state index is 14.2. The molecule has 0 aliphatic carbocycles. The number of non-ortho nitro benzene ring substituents is 1. The van der Waals surface area contributed by atoms with Gasteiger partial charge in [-0.15, -0.1) is 0 Å². The number of nitro benzene ring substituents is 1. The van der Waals surface area contributed by atoms with Gasteiger partial charge in [0.1, 0.15) is 5.82 Å². The molecule has 1 heterocycles. The molecule has 0 atom stereocenters. The van der Waals surface area contributed by atoms with Crippen molar-refractivity contribution >= 4 is 17.5 Å². The van der Waals surface area contributed by atoms with Crippen LogP contribution in [0.1, 0.15) is 32.1 Å². The molecule has 2 amide bonds. The van der Waals surface area contributed by atoms with Crippen LogP contribution in [-0.4, -0.2) is 21.3 Å². The number of hydrogen-bond donors (Lipinski definition) is 2. The Morgan fingerprint density at radius 1 is 1.00 bits per heavy atom. The van der Waals surface area contributed by atoms with E-state index in [-0.39, 0.29) is 16.8 Å². The molecule has 0 saturated heterocycles. The topological polar surface area (TPSA) is 106 Å². The number of rotatable bonds is 4. The van der Waals surface area contributed by atoms with E-state index in [0.29, 0.717) is 17.1 Å². The summed E-state index contributed by atoms with van der Waals surface area (Å²) in [7, 11) is 0. The number of carbonyl (C=O) groups is 2. The molecule has 8 nitrogen and oxygen atoms in total. The summed E-state index contributed by atoms with van der Waals surface area (Å²) in [6, 6.07) is 12.9. The number of amides is 2. The Morgan fingerprint density at radius 3 is 2.38 bits per heavy atom. The number of aromatic nitrogens is 1. The van der Waals surface area contributed by atoms with Crippen molar-refractivity contribution < 1.29 is 18.9 Å². The Kier molecular flexibility index (Phi) is 5.40. The fraction of sp³-hybridized carbons (Fsp3) is 0.100. The lowest BCUT2D eigenvalue weighted by atomic mass is 10.2. The highest BCUT2D eigenvalue weighted by Crippen LogP contribution is 2.22. The number of halogens is 1. The minimum absolute atomic E-state index is 0.0244. The summed E-state index contributed by atoms with van der Waals surface area (Å²) < 4.78 is 15.8. The molecular formula is C20H17FN4O4. The number of benzene rings is 2. The van der Waals surface area contributed by atoms with Crippen LogP contribution in [0, 0.1) is 29.8 Å². The number of nitrogens with one attached hydrogen (secondary N) is 2. The second-order valence-electron chi connectivity index (χ2n) is 6.29. The molecule has 29 heavy (non-hydrogen) atoms. The lowest BCUT2D eigenvalue weighted by Crippen LogP contribution is -2.41. The van der Waals surface area contributed by atoms with Crippen molar-refractivity contribution in [3.8, 4) is 5.69 Å². The maximum atomic E-state index is 14.2. The highest BCUT2D eigenvalue weighted by molar-refractivity contribution is 6.00. The minimum atomic E-state index is -0.704. The molecule has 0 unspecified atom stereocenters. The van der Waals surface area contributed by atoms with E-state index in [9.17, 15) is 24.1 Å². The molecule has 0 fully saturated rings. The summed E-state index contributed by atoms with van der Waals surface area (Å²) in [6.45, 7) is 3.40. The monoisotopic (exact) mass is 396 g/mol. The van der Waals surface area contributed by atoms with Crippen LogP contribution in [-0.2, 0) is 0 Å². The lowest BCUT2D eigenvalue weighted by Gasteiger charge is -2.11. The molecule has 0 saturated carbocycles. The van der Waals surface area contributed by atoms with Crippen LogP contribution in [0.15, 0.2) is 54.6 Å². The van der Waals surface area contributed by atoms with Gasteiger partial charge in [-0.05, 0) is 38.1 Å². The van der Waals surface area contributed by atoms with E-state index in [2.05, 4.69) is 10.9 Å². The van der Waals surface area contributed by atoms with E-state index in [4.69, 9.17) is 0 Å². The van der Waals surface area contributed by atoms with Gasteiger partial charge in [0.15, 0.2) is 0 Å². The van der Waals surface area contributed by atoms with Gasteiger partial charge in [-0.3, -0.25) is 30.6 Å². The molecule has 0 bridgehead atoms. The summed E-state index contributed by atoms with van der Waals surface area (Å²) in [4.78, 5) is 34.9. The third-order valence-electron chi connectivity index (χ3n) is 4.38. The normalized spacial score (nSPS) is 10.4. The van der Waals surface area contributed by atoms with Crippen LogP contribution in [0.5, 0.6) is 0 Å². The number of para-hydroxylation sites is 1. The lowest BCUT2D eigenvalue weighted by molar-refractivity contribution is -0.384. The molecule has 0 radical (unpaired) electrons. The molecule has 2 N–H and O–H groups in total. The van der Waals surface area contributed by atoms with Crippen molar-refractivity contribution in [2.24, 2.45) is 0 Å². The second kappa shape index (κ2) is 7.93. The van der Waals surface area contributed by atoms with E-state index < -0.39 is 22.6 Å². The Hall–Kier alpha value is -4.01. The predicted molar refractivity (Wildman–Crippen MR) is 103 cm³/mol. The highest BCUT2D eigenvalue weighted by atomic mass is 19.1. The van der Waals surface area contributed by atoms with E-state index >= 15 is 0 Å². The number of aryl methyl sites for hydroxylation is 1. The molecule has 2 aromatic carbocycles. The van der Waals surface area contributed by atoms with E-state index in [1.165, 1.54) is 24.3 Å². The zero-order valence-corrected chi connectivity index (χ0v) is 15.6. The molecule has 3 aromatic rings. The molecule has 9 heteroatoms. The van der Waals surface area contributed by atoms with E-state index in [1.807, 2.05) is 0 Å². The summed E-state index contributed by atoms with van der Waals surface area (Å²) in [6.07, 6.45) is 0. The van der Waals surface area contributed by atoms with Crippen molar-refractivity contribution in [1.29, 1.82) is 0 Å². The van der Waals surface area contributed by atoms with Gasteiger partial charge in [0.2, 0.25) is 0 Å². The SMILES string of the molecule is Cc1cc(C(=O)NNC(=O)c2cccc([N+](=O)[O-])c2)c(C)n1-c1ccccc1F. The Balaban J connectivity index is 1.78. The Labute approximate surface area is 165 Å². The molecule has 148 valence electrons. The summed E-state index contributed by atoms with van der Waals surface area (Å²) in [5.41, 5.74) is 5.99. The first-order valence-electron chi connectivity index (χ1n) is 8.58. The van der Waals surface area contributed by atoms with Crippen molar-refractivity contribution in [2.45, 2.75) is 13.8 Å². The molecule has 3 rings (SSSR count). The number of carbonyl (C=O) groups excluding carboxylic acids is 2.